The number of ether oxygens (including phenoxy) is 1. The third-order valence-corrected chi connectivity index (χ3v) is 5.44. The normalized spacial score (nSPS) is 14.6. The molecule has 1 aliphatic heterocycles. The standard InChI is InChI=1S/C21H26F2N6O2/c1-14-24-12-18-21(30)25-19(13-29(14)18)27-4-6-28(7-5-27)20-16(22)10-15(11-17(20)23)31-9-8-26(2)3/h10-13H,4-9H2,1-3H3,(H,25,30). The third kappa shape index (κ3) is 4.34. The van der Waals surface area contributed by atoms with E-state index in [1.807, 2.05) is 37.0 Å². The monoisotopic (exact) mass is 432 g/mol. The second-order valence-electron chi connectivity index (χ2n) is 7.89. The summed E-state index contributed by atoms with van der Waals surface area (Å²) in [5, 5.41) is 0. The Hall–Kier alpha value is -3.14. The number of rotatable bonds is 6. The average Bonchev–Trinajstić information content (AvgIpc) is 3.09. The van der Waals surface area contributed by atoms with E-state index in [1.54, 1.807) is 9.30 Å². The third-order valence-electron chi connectivity index (χ3n) is 5.44. The first-order chi connectivity index (χ1) is 14.8. The first kappa shape index (κ1) is 21.1. The van der Waals surface area contributed by atoms with Crippen molar-refractivity contribution in [3.05, 3.63) is 52.3 Å². The van der Waals surface area contributed by atoms with Gasteiger partial charge in [-0.2, -0.15) is 0 Å². The lowest BCUT2D eigenvalue weighted by molar-refractivity contribution is 0.259. The highest BCUT2D eigenvalue weighted by Gasteiger charge is 2.24. The Labute approximate surface area is 178 Å². The molecular formula is C21H26F2N6O2. The van der Waals surface area contributed by atoms with E-state index in [2.05, 4.69) is 9.97 Å². The molecule has 31 heavy (non-hydrogen) atoms. The molecule has 0 saturated carbocycles. The number of nitrogens with one attached hydrogen (secondary N) is 1. The number of aromatic nitrogens is 3. The predicted octanol–water partition coefficient (Wildman–Crippen LogP) is 1.88. The molecule has 0 atom stereocenters. The second-order valence-corrected chi connectivity index (χ2v) is 7.89. The zero-order valence-electron chi connectivity index (χ0n) is 17.9. The van der Waals surface area contributed by atoms with Gasteiger partial charge in [-0.1, -0.05) is 0 Å². The van der Waals surface area contributed by atoms with Gasteiger partial charge in [-0.3, -0.25) is 9.20 Å². The minimum atomic E-state index is -0.642. The molecule has 0 spiro atoms. The number of piperazine rings is 1. The van der Waals surface area contributed by atoms with Crippen molar-refractivity contribution < 1.29 is 13.5 Å². The van der Waals surface area contributed by atoms with Crippen molar-refractivity contribution in [3.8, 4) is 5.75 Å². The van der Waals surface area contributed by atoms with Gasteiger partial charge >= 0.3 is 0 Å². The summed E-state index contributed by atoms with van der Waals surface area (Å²) in [5.41, 5.74) is 0.216. The molecule has 0 unspecified atom stereocenters. The van der Waals surface area contributed by atoms with Gasteiger partial charge in [0.2, 0.25) is 0 Å². The van der Waals surface area contributed by atoms with Crippen LogP contribution in [0.25, 0.3) is 5.52 Å². The fourth-order valence-corrected chi connectivity index (χ4v) is 3.72. The minimum Gasteiger partial charge on any atom is -0.492 e. The van der Waals surface area contributed by atoms with Crippen LogP contribution in [-0.2, 0) is 0 Å². The van der Waals surface area contributed by atoms with Gasteiger partial charge in [-0.05, 0) is 21.0 Å². The summed E-state index contributed by atoms with van der Waals surface area (Å²) < 4.78 is 36.6. The molecule has 3 heterocycles. The molecule has 1 N–H and O–H groups in total. The molecule has 4 rings (SSSR count). The number of halogens is 2. The molecule has 0 amide bonds. The quantitative estimate of drug-likeness (QED) is 0.642. The Bertz CT molecular complexity index is 1110. The van der Waals surface area contributed by atoms with Crippen LogP contribution in [0.5, 0.6) is 5.75 Å². The summed E-state index contributed by atoms with van der Waals surface area (Å²) in [6, 6.07) is 2.46. The van der Waals surface area contributed by atoms with Crippen LogP contribution in [0, 0.1) is 18.6 Å². The van der Waals surface area contributed by atoms with Crippen LogP contribution < -0.4 is 20.1 Å². The summed E-state index contributed by atoms with van der Waals surface area (Å²) >= 11 is 0. The van der Waals surface area contributed by atoms with Gasteiger partial charge < -0.3 is 24.4 Å². The maximum absolute atomic E-state index is 14.7. The van der Waals surface area contributed by atoms with E-state index in [0.717, 1.165) is 5.82 Å². The lowest BCUT2D eigenvalue weighted by Crippen LogP contribution is -2.47. The highest BCUT2D eigenvalue weighted by Crippen LogP contribution is 2.29. The molecule has 1 fully saturated rings. The van der Waals surface area contributed by atoms with E-state index in [4.69, 9.17) is 4.74 Å². The van der Waals surface area contributed by atoms with Crippen LogP contribution in [0.15, 0.2) is 29.3 Å². The SMILES string of the molecule is Cc1ncc2c(=O)[nH]c(N3CCN(c4c(F)cc(OCCN(C)C)cc4F)CC3)cn12. The smallest absolute Gasteiger partial charge is 0.275 e. The van der Waals surface area contributed by atoms with Gasteiger partial charge in [0, 0.05) is 44.9 Å². The van der Waals surface area contributed by atoms with Crippen LogP contribution in [-0.4, -0.2) is 72.7 Å². The van der Waals surface area contributed by atoms with Crippen molar-refractivity contribution in [1.82, 2.24) is 19.3 Å². The molecule has 3 aromatic rings. The summed E-state index contributed by atoms with van der Waals surface area (Å²) in [6.45, 7) is 4.68. The van der Waals surface area contributed by atoms with Crippen molar-refractivity contribution >= 4 is 17.0 Å². The van der Waals surface area contributed by atoms with E-state index in [0.29, 0.717) is 50.7 Å². The first-order valence-electron chi connectivity index (χ1n) is 10.2. The maximum atomic E-state index is 14.7. The summed E-state index contributed by atoms with van der Waals surface area (Å²) in [7, 11) is 3.80. The maximum Gasteiger partial charge on any atom is 0.275 e. The second kappa shape index (κ2) is 8.54. The van der Waals surface area contributed by atoms with Crippen molar-refractivity contribution in [2.24, 2.45) is 0 Å². The highest BCUT2D eigenvalue weighted by atomic mass is 19.1. The van der Waals surface area contributed by atoms with Crippen LogP contribution in [0.3, 0.4) is 0 Å². The molecule has 0 radical (unpaired) electrons. The highest BCUT2D eigenvalue weighted by molar-refractivity contribution is 5.55. The zero-order chi connectivity index (χ0) is 22.1. The number of nitrogens with zero attached hydrogens (tertiary/aromatic N) is 5. The average molecular weight is 432 g/mol. The molecule has 10 heteroatoms. The first-order valence-corrected chi connectivity index (χ1v) is 10.2. The Balaban J connectivity index is 1.46. The van der Waals surface area contributed by atoms with Gasteiger partial charge in [-0.15, -0.1) is 0 Å². The van der Waals surface area contributed by atoms with Gasteiger partial charge in [0.1, 0.15) is 35.2 Å². The van der Waals surface area contributed by atoms with E-state index in [9.17, 15) is 13.6 Å². The molecule has 1 aromatic carbocycles. The Morgan fingerprint density at radius 3 is 2.42 bits per heavy atom. The fraction of sp³-hybridized carbons (Fsp3) is 0.429. The van der Waals surface area contributed by atoms with Crippen LogP contribution >= 0.6 is 0 Å². The largest absolute Gasteiger partial charge is 0.492 e. The molecule has 2 aromatic heterocycles. The number of benzene rings is 1. The van der Waals surface area contributed by atoms with Crippen molar-refractivity contribution in [3.63, 3.8) is 0 Å². The molecule has 1 saturated heterocycles. The lowest BCUT2D eigenvalue weighted by Gasteiger charge is -2.37. The van der Waals surface area contributed by atoms with E-state index in [-0.39, 0.29) is 17.0 Å². The lowest BCUT2D eigenvalue weighted by atomic mass is 10.2. The molecule has 8 nitrogen and oxygen atoms in total. The number of fused-ring (bicyclic) bond motifs is 1. The number of aryl methyl sites for hydroxylation is 1. The number of hydrogen-bond donors (Lipinski definition) is 1. The van der Waals surface area contributed by atoms with Crippen molar-refractivity contribution in [2.75, 3.05) is 63.2 Å². The zero-order valence-corrected chi connectivity index (χ0v) is 17.9. The number of anilines is 2. The number of hydrogen-bond acceptors (Lipinski definition) is 6. The summed E-state index contributed by atoms with van der Waals surface area (Å²) in [5.74, 6) is 0.275. The summed E-state index contributed by atoms with van der Waals surface area (Å²) in [6.07, 6.45) is 3.37. The number of H-pyrrole nitrogens is 1. The van der Waals surface area contributed by atoms with Crippen LogP contribution in [0.2, 0.25) is 0 Å². The van der Waals surface area contributed by atoms with Gasteiger partial charge in [0.15, 0.2) is 11.6 Å². The number of aromatic amines is 1. The van der Waals surface area contributed by atoms with E-state index < -0.39 is 11.6 Å². The van der Waals surface area contributed by atoms with Crippen LogP contribution in [0.1, 0.15) is 5.82 Å². The van der Waals surface area contributed by atoms with Gasteiger partial charge in [0.05, 0.1) is 12.4 Å². The molecular weight excluding hydrogens is 406 g/mol. The van der Waals surface area contributed by atoms with Gasteiger partial charge in [-0.25, -0.2) is 13.8 Å². The minimum absolute atomic E-state index is 0.0472. The van der Waals surface area contributed by atoms with E-state index in [1.165, 1.54) is 18.3 Å². The van der Waals surface area contributed by atoms with Crippen molar-refractivity contribution in [1.29, 1.82) is 0 Å². The Morgan fingerprint density at radius 2 is 1.77 bits per heavy atom. The number of imidazole rings is 1. The Kier molecular flexibility index (Phi) is 5.81. The molecule has 0 aliphatic carbocycles. The molecule has 1 aliphatic rings. The topological polar surface area (TPSA) is 69.1 Å². The fourth-order valence-electron chi connectivity index (χ4n) is 3.72. The molecule has 0 bridgehead atoms. The Morgan fingerprint density at radius 1 is 1.13 bits per heavy atom. The summed E-state index contributed by atoms with van der Waals surface area (Å²) in [4.78, 5) is 25.0. The van der Waals surface area contributed by atoms with Crippen molar-refractivity contribution in [2.45, 2.75) is 6.92 Å². The predicted molar refractivity (Wildman–Crippen MR) is 115 cm³/mol. The number of likely N-dealkylation sites (N-methyl/N-ethyl adjacent to an activating group) is 1. The van der Waals surface area contributed by atoms with E-state index >= 15 is 0 Å². The van der Waals surface area contributed by atoms with Gasteiger partial charge in [0.25, 0.3) is 5.56 Å². The molecule has 166 valence electrons. The van der Waals surface area contributed by atoms with Crippen LogP contribution in [0.4, 0.5) is 20.3 Å².